The summed E-state index contributed by atoms with van der Waals surface area (Å²) in [5.74, 6) is -0.207. The van der Waals surface area contributed by atoms with Crippen molar-refractivity contribution in [3.8, 4) is 0 Å². The number of likely N-dealkylation sites (N-methyl/N-ethyl adjacent to an activating group) is 1. The zero-order valence-electron chi connectivity index (χ0n) is 17.0. The molecule has 10 heteroatoms. The molecular weight excluding hydrogens is 374 g/mol. The molecule has 2 aliphatic rings. The zero-order valence-corrected chi connectivity index (χ0v) is 17.0. The summed E-state index contributed by atoms with van der Waals surface area (Å²) in [6, 6.07) is -0.260. The van der Waals surface area contributed by atoms with E-state index >= 15 is 0 Å². The fourth-order valence-corrected chi connectivity index (χ4v) is 4.24. The van der Waals surface area contributed by atoms with Crippen LogP contribution in [0.15, 0.2) is 23.4 Å². The van der Waals surface area contributed by atoms with Crippen LogP contribution < -0.4 is 5.69 Å². The lowest BCUT2D eigenvalue weighted by molar-refractivity contribution is -0.0724. The van der Waals surface area contributed by atoms with Gasteiger partial charge in [-0.25, -0.2) is 4.79 Å². The standard InChI is InChI=1S/C19H29N7O3/c1-23-4-3-5-25(7-6-23)13-16-17(14-10-21-24(2)12-14)26(8-9-29-16)18(27)15-11-20-19(28)22-15/h10-12,16-17H,3-9,13H2,1-2H3,(H2,20,22,28)/t16-,17-/m0/s1. The van der Waals surface area contributed by atoms with Crippen molar-refractivity contribution in [3.05, 3.63) is 40.3 Å². The maximum atomic E-state index is 13.2. The number of rotatable bonds is 4. The lowest BCUT2D eigenvalue weighted by Gasteiger charge is -2.42. The van der Waals surface area contributed by atoms with Crippen LogP contribution in [0.5, 0.6) is 0 Å². The average Bonchev–Trinajstić information content (AvgIpc) is 3.27. The summed E-state index contributed by atoms with van der Waals surface area (Å²) in [5, 5.41) is 4.31. The van der Waals surface area contributed by atoms with Gasteiger partial charge in [0.2, 0.25) is 0 Å². The molecule has 4 heterocycles. The number of nitrogens with one attached hydrogen (secondary N) is 2. The SMILES string of the molecule is CN1CCCN(C[C@@H]2OCCN(C(=O)c3c[nH]c(=O)[nH]3)[C@H]2c2cnn(C)c2)CC1. The zero-order chi connectivity index (χ0) is 20.4. The minimum atomic E-state index is -0.384. The molecule has 2 atom stereocenters. The summed E-state index contributed by atoms with van der Waals surface area (Å²) in [6.07, 6.45) is 6.12. The molecule has 2 aromatic rings. The van der Waals surface area contributed by atoms with Gasteiger partial charge in [-0.2, -0.15) is 5.10 Å². The van der Waals surface area contributed by atoms with Crippen LogP contribution in [0.2, 0.25) is 0 Å². The number of hydrogen-bond donors (Lipinski definition) is 2. The molecule has 158 valence electrons. The van der Waals surface area contributed by atoms with Gasteiger partial charge in [0.25, 0.3) is 5.91 Å². The topological polar surface area (TPSA) is 102 Å². The predicted molar refractivity (Wildman–Crippen MR) is 107 cm³/mol. The third-order valence-corrected chi connectivity index (χ3v) is 5.76. The molecular formula is C19H29N7O3. The number of morpholine rings is 1. The van der Waals surface area contributed by atoms with Gasteiger partial charge in [0.1, 0.15) is 5.69 Å². The van der Waals surface area contributed by atoms with E-state index in [2.05, 4.69) is 31.9 Å². The first-order valence-electron chi connectivity index (χ1n) is 10.1. The predicted octanol–water partition coefficient (Wildman–Crippen LogP) is -0.344. The van der Waals surface area contributed by atoms with E-state index < -0.39 is 0 Å². The Morgan fingerprint density at radius 2 is 2.10 bits per heavy atom. The van der Waals surface area contributed by atoms with Crippen LogP contribution in [-0.2, 0) is 11.8 Å². The number of aromatic nitrogens is 4. The normalized spacial score (nSPS) is 24.6. The molecule has 4 rings (SSSR count). The van der Waals surface area contributed by atoms with E-state index in [1.54, 1.807) is 15.8 Å². The van der Waals surface area contributed by atoms with E-state index in [1.807, 2.05) is 13.2 Å². The first kappa shape index (κ1) is 19.9. The van der Waals surface area contributed by atoms with Gasteiger partial charge >= 0.3 is 5.69 Å². The maximum Gasteiger partial charge on any atom is 0.323 e. The monoisotopic (exact) mass is 403 g/mol. The van der Waals surface area contributed by atoms with Crippen LogP contribution >= 0.6 is 0 Å². The number of amides is 1. The summed E-state index contributed by atoms with van der Waals surface area (Å²) in [6.45, 7) is 5.80. The molecule has 1 amide bonds. The van der Waals surface area contributed by atoms with Crippen molar-refractivity contribution < 1.29 is 9.53 Å². The Labute approximate surface area is 169 Å². The van der Waals surface area contributed by atoms with Crippen LogP contribution in [0, 0.1) is 0 Å². The number of hydrogen-bond acceptors (Lipinski definition) is 6. The third kappa shape index (κ3) is 4.44. The highest BCUT2D eigenvalue weighted by atomic mass is 16.5. The van der Waals surface area contributed by atoms with Crippen LogP contribution in [0.4, 0.5) is 0 Å². The highest BCUT2D eigenvalue weighted by molar-refractivity contribution is 5.92. The number of imidazole rings is 1. The molecule has 0 aromatic carbocycles. The van der Waals surface area contributed by atoms with Crippen molar-refractivity contribution in [2.24, 2.45) is 7.05 Å². The molecule has 0 radical (unpaired) electrons. The van der Waals surface area contributed by atoms with Gasteiger partial charge in [0.05, 0.1) is 24.9 Å². The van der Waals surface area contributed by atoms with Crippen molar-refractivity contribution in [2.45, 2.75) is 18.6 Å². The summed E-state index contributed by atoms with van der Waals surface area (Å²) in [5.41, 5.74) is 0.820. The van der Waals surface area contributed by atoms with E-state index in [0.717, 1.165) is 44.7 Å². The Bertz CT molecular complexity index is 888. The molecule has 2 saturated heterocycles. The fourth-order valence-electron chi connectivity index (χ4n) is 4.24. The second-order valence-corrected chi connectivity index (χ2v) is 7.91. The Balaban J connectivity index is 1.59. The van der Waals surface area contributed by atoms with Crippen molar-refractivity contribution in [2.75, 3.05) is 52.9 Å². The van der Waals surface area contributed by atoms with E-state index in [9.17, 15) is 9.59 Å². The largest absolute Gasteiger partial charge is 0.373 e. The van der Waals surface area contributed by atoms with Gasteiger partial charge < -0.3 is 24.5 Å². The Hall–Kier alpha value is -2.43. The van der Waals surface area contributed by atoms with Gasteiger partial charge in [0.15, 0.2) is 0 Å². The Morgan fingerprint density at radius 1 is 1.24 bits per heavy atom. The number of carbonyl (C=O) groups excluding carboxylic acids is 1. The van der Waals surface area contributed by atoms with Gasteiger partial charge in [-0.05, 0) is 26.6 Å². The van der Waals surface area contributed by atoms with Crippen molar-refractivity contribution in [1.82, 2.24) is 34.4 Å². The molecule has 0 aliphatic carbocycles. The highest BCUT2D eigenvalue weighted by Gasteiger charge is 2.39. The second kappa shape index (κ2) is 8.52. The van der Waals surface area contributed by atoms with Gasteiger partial charge in [-0.15, -0.1) is 0 Å². The molecule has 2 N–H and O–H groups in total. The number of aryl methyl sites for hydroxylation is 1. The third-order valence-electron chi connectivity index (χ3n) is 5.76. The van der Waals surface area contributed by atoms with Gasteiger partial charge in [-0.1, -0.05) is 0 Å². The van der Waals surface area contributed by atoms with Crippen molar-refractivity contribution in [3.63, 3.8) is 0 Å². The lowest BCUT2D eigenvalue weighted by Crippen LogP contribution is -2.52. The molecule has 0 saturated carbocycles. The summed E-state index contributed by atoms with van der Waals surface area (Å²) < 4.78 is 7.92. The van der Waals surface area contributed by atoms with E-state index in [0.29, 0.717) is 13.2 Å². The van der Waals surface area contributed by atoms with E-state index in [4.69, 9.17) is 4.74 Å². The molecule has 29 heavy (non-hydrogen) atoms. The smallest absolute Gasteiger partial charge is 0.323 e. The first-order chi connectivity index (χ1) is 14.0. The summed E-state index contributed by atoms with van der Waals surface area (Å²) in [7, 11) is 4.01. The van der Waals surface area contributed by atoms with Gasteiger partial charge in [0, 0.05) is 51.2 Å². The maximum absolute atomic E-state index is 13.2. The molecule has 2 fully saturated rings. The van der Waals surface area contributed by atoms with Crippen molar-refractivity contribution in [1.29, 1.82) is 0 Å². The van der Waals surface area contributed by atoms with Crippen LogP contribution in [0.3, 0.4) is 0 Å². The van der Waals surface area contributed by atoms with E-state index in [1.165, 1.54) is 6.20 Å². The first-order valence-corrected chi connectivity index (χ1v) is 10.1. The summed E-state index contributed by atoms with van der Waals surface area (Å²) in [4.78, 5) is 36.3. The van der Waals surface area contributed by atoms with Crippen LogP contribution in [0.1, 0.15) is 28.5 Å². The average molecular weight is 403 g/mol. The number of H-pyrrole nitrogens is 2. The second-order valence-electron chi connectivity index (χ2n) is 7.91. The quantitative estimate of drug-likeness (QED) is 0.724. The summed E-state index contributed by atoms with van der Waals surface area (Å²) >= 11 is 0. The Kier molecular flexibility index (Phi) is 5.84. The van der Waals surface area contributed by atoms with Crippen molar-refractivity contribution >= 4 is 5.91 Å². The minimum Gasteiger partial charge on any atom is -0.373 e. The highest BCUT2D eigenvalue weighted by Crippen LogP contribution is 2.31. The number of nitrogens with zero attached hydrogens (tertiary/aromatic N) is 5. The molecule has 2 aromatic heterocycles. The molecule has 2 aliphatic heterocycles. The minimum absolute atomic E-state index is 0.161. The number of carbonyl (C=O) groups is 1. The fraction of sp³-hybridized carbons (Fsp3) is 0.632. The number of aromatic amines is 2. The number of ether oxygens (including phenoxy) is 1. The van der Waals surface area contributed by atoms with E-state index in [-0.39, 0.29) is 29.4 Å². The molecule has 10 nitrogen and oxygen atoms in total. The molecule has 0 spiro atoms. The van der Waals surface area contributed by atoms with Gasteiger partial charge in [-0.3, -0.25) is 14.4 Å². The molecule has 0 unspecified atom stereocenters. The van der Waals surface area contributed by atoms with Crippen LogP contribution in [0.25, 0.3) is 0 Å². The lowest BCUT2D eigenvalue weighted by atomic mass is 9.99. The Morgan fingerprint density at radius 3 is 2.83 bits per heavy atom. The molecule has 0 bridgehead atoms. The van der Waals surface area contributed by atoms with Crippen LogP contribution in [-0.4, -0.2) is 99.4 Å².